The monoisotopic (exact) mass is 469 g/mol. The van der Waals surface area contributed by atoms with Crippen LogP contribution in [0.2, 0.25) is 0 Å². The van der Waals surface area contributed by atoms with Crippen molar-refractivity contribution in [1.82, 2.24) is 0 Å². The van der Waals surface area contributed by atoms with E-state index in [1.807, 2.05) is 6.92 Å². The Morgan fingerprint density at radius 1 is 1.15 bits per heavy atom. The maximum absolute atomic E-state index is 14.1. The van der Waals surface area contributed by atoms with Crippen LogP contribution in [0, 0.1) is 18.6 Å². The smallest absolute Gasteiger partial charge is 0.416 e. The number of aryl methyl sites for hydroxylation is 1. The fourth-order valence-electron chi connectivity index (χ4n) is 3.11. The van der Waals surface area contributed by atoms with Crippen molar-refractivity contribution in [2.75, 3.05) is 7.11 Å². The molecule has 0 N–H and O–H groups in total. The highest BCUT2D eigenvalue weighted by Gasteiger charge is 2.33. The number of oxime groups is 1. The zero-order valence-electron chi connectivity index (χ0n) is 18.6. The van der Waals surface area contributed by atoms with Crippen molar-refractivity contribution in [1.29, 1.82) is 0 Å². The normalized spacial score (nSPS) is 12.6. The molecule has 9 heteroatoms. The number of allylic oxidation sites excluding steroid dienone is 1. The molecule has 2 aromatic carbocycles. The van der Waals surface area contributed by atoms with Crippen molar-refractivity contribution in [3.05, 3.63) is 75.9 Å². The van der Waals surface area contributed by atoms with E-state index in [2.05, 4.69) is 5.16 Å². The predicted molar refractivity (Wildman–Crippen MR) is 114 cm³/mol. The van der Waals surface area contributed by atoms with Gasteiger partial charge in [-0.25, -0.2) is 13.6 Å². The number of unbranched alkanes of at least 4 members (excludes halogenated alkanes) is 1. The van der Waals surface area contributed by atoms with Crippen LogP contribution in [0.25, 0.3) is 5.57 Å². The Morgan fingerprint density at radius 3 is 2.45 bits per heavy atom. The van der Waals surface area contributed by atoms with Crippen LogP contribution in [0.3, 0.4) is 0 Å². The van der Waals surface area contributed by atoms with E-state index < -0.39 is 34.9 Å². The molecular weight excluding hydrogens is 445 g/mol. The van der Waals surface area contributed by atoms with E-state index in [0.717, 1.165) is 12.0 Å². The third kappa shape index (κ3) is 6.40. The summed E-state index contributed by atoms with van der Waals surface area (Å²) < 4.78 is 71.6. The quantitative estimate of drug-likeness (QED) is 0.144. The number of nitrogens with zero attached hydrogens (tertiary/aromatic N) is 1. The topological polar surface area (TPSA) is 47.9 Å². The van der Waals surface area contributed by atoms with Crippen molar-refractivity contribution in [2.24, 2.45) is 5.16 Å². The predicted octanol–water partition coefficient (Wildman–Crippen LogP) is 6.59. The lowest BCUT2D eigenvalue weighted by atomic mass is 9.95. The number of hydrogen-bond acceptors (Lipinski definition) is 4. The van der Waals surface area contributed by atoms with Gasteiger partial charge in [0.2, 0.25) is 0 Å². The average molecular weight is 469 g/mol. The lowest BCUT2D eigenvalue weighted by Crippen LogP contribution is -2.11. The number of methoxy groups -OCH3 is 1. The zero-order valence-corrected chi connectivity index (χ0v) is 18.6. The van der Waals surface area contributed by atoms with Gasteiger partial charge in [-0.1, -0.05) is 42.8 Å². The molecule has 4 nitrogen and oxygen atoms in total. The SMILES string of the molecule is CCC/C=C(\C(=O)OC)c1cccc(C)c1CO/N=C(\C)c1cc(C(F)(F)F)cc(F)c1F. The van der Waals surface area contributed by atoms with Gasteiger partial charge in [0.15, 0.2) is 11.6 Å². The molecule has 0 aliphatic heterocycles. The summed E-state index contributed by atoms with van der Waals surface area (Å²) in [6.45, 7) is 4.79. The summed E-state index contributed by atoms with van der Waals surface area (Å²) in [6.07, 6.45) is -1.66. The second kappa shape index (κ2) is 11.1. The summed E-state index contributed by atoms with van der Waals surface area (Å²) in [5.41, 5.74) is -0.0167. The van der Waals surface area contributed by atoms with Gasteiger partial charge < -0.3 is 9.57 Å². The molecular formula is C24H24F5NO3. The summed E-state index contributed by atoms with van der Waals surface area (Å²) >= 11 is 0. The van der Waals surface area contributed by atoms with Crippen molar-refractivity contribution in [3.8, 4) is 0 Å². The van der Waals surface area contributed by atoms with Gasteiger partial charge in [0, 0.05) is 11.1 Å². The van der Waals surface area contributed by atoms with Crippen molar-refractivity contribution in [3.63, 3.8) is 0 Å². The Morgan fingerprint density at radius 2 is 1.85 bits per heavy atom. The summed E-state index contributed by atoms with van der Waals surface area (Å²) in [6, 6.07) is 5.82. The van der Waals surface area contributed by atoms with Gasteiger partial charge in [-0.15, -0.1) is 0 Å². The largest absolute Gasteiger partial charge is 0.465 e. The van der Waals surface area contributed by atoms with Crippen molar-refractivity contribution in [2.45, 2.75) is 46.4 Å². The highest BCUT2D eigenvalue weighted by Crippen LogP contribution is 2.32. The number of alkyl halides is 3. The molecule has 0 aliphatic rings. The lowest BCUT2D eigenvalue weighted by molar-refractivity contribution is -0.138. The summed E-state index contributed by atoms with van der Waals surface area (Å²) in [7, 11) is 1.27. The molecule has 0 aliphatic carbocycles. The van der Waals surface area contributed by atoms with Crippen LogP contribution in [0.5, 0.6) is 0 Å². The minimum absolute atomic E-state index is 0.0869. The number of hydrogen-bond donors (Lipinski definition) is 0. The van der Waals surface area contributed by atoms with E-state index in [0.29, 0.717) is 29.2 Å². The lowest BCUT2D eigenvalue weighted by Gasteiger charge is -2.14. The van der Waals surface area contributed by atoms with Crippen LogP contribution >= 0.6 is 0 Å². The van der Waals surface area contributed by atoms with Gasteiger partial charge in [0.25, 0.3) is 0 Å². The van der Waals surface area contributed by atoms with Crippen LogP contribution < -0.4 is 0 Å². The molecule has 0 saturated heterocycles. The Kier molecular flexibility index (Phi) is 8.73. The van der Waals surface area contributed by atoms with Gasteiger partial charge >= 0.3 is 12.1 Å². The maximum Gasteiger partial charge on any atom is 0.416 e. The number of rotatable bonds is 8. The van der Waals surface area contributed by atoms with E-state index in [9.17, 15) is 26.7 Å². The molecule has 0 aromatic heterocycles. The van der Waals surface area contributed by atoms with Crippen LogP contribution in [-0.4, -0.2) is 18.8 Å². The van der Waals surface area contributed by atoms with E-state index in [4.69, 9.17) is 9.57 Å². The van der Waals surface area contributed by atoms with Crippen LogP contribution in [0.1, 0.15) is 54.5 Å². The second-order valence-electron chi connectivity index (χ2n) is 7.27. The number of ether oxygens (including phenoxy) is 1. The highest BCUT2D eigenvalue weighted by atomic mass is 19.4. The number of benzene rings is 2. The molecule has 0 saturated carbocycles. The fraction of sp³-hybridized carbons (Fsp3) is 0.333. The van der Waals surface area contributed by atoms with Gasteiger partial charge in [0.1, 0.15) is 6.61 Å². The minimum atomic E-state index is -4.85. The van der Waals surface area contributed by atoms with E-state index >= 15 is 0 Å². The van der Waals surface area contributed by atoms with Gasteiger partial charge in [-0.3, -0.25) is 0 Å². The first-order valence-electron chi connectivity index (χ1n) is 10.1. The molecule has 178 valence electrons. The van der Waals surface area contributed by atoms with Crippen molar-refractivity contribution < 1.29 is 36.3 Å². The third-order valence-electron chi connectivity index (χ3n) is 4.90. The Hall–Kier alpha value is -3.23. The Bertz CT molecular complexity index is 1070. The zero-order chi connectivity index (χ0) is 24.8. The first kappa shape index (κ1) is 26.0. The first-order valence-corrected chi connectivity index (χ1v) is 10.1. The second-order valence-corrected chi connectivity index (χ2v) is 7.27. The number of esters is 1. The molecule has 0 unspecified atom stereocenters. The molecule has 0 heterocycles. The Balaban J connectivity index is 2.38. The average Bonchev–Trinajstić information content (AvgIpc) is 2.76. The van der Waals surface area contributed by atoms with E-state index in [1.165, 1.54) is 14.0 Å². The number of halogens is 5. The first-order chi connectivity index (χ1) is 15.5. The van der Waals surface area contributed by atoms with Crippen LogP contribution in [-0.2, 0) is 27.2 Å². The molecule has 0 spiro atoms. The van der Waals surface area contributed by atoms with E-state index in [1.54, 1.807) is 31.2 Å². The molecule has 2 rings (SSSR count). The molecule has 0 fully saturated rings. The molecule has 33 heavy (non-hydrogen) atoms. The summed E-state index contributed by atoms with van der Waals surface area (Å²) in [5, 5.41) is 3.69. The third-order valence-corrected chi connectivity index (χ3v) is 4.90. The summed E-state index contributed by atoms with van der Waals surface area (Å²) in [4.78, 5) is 17.6. The fourth-order valence-corrected chi connectivity index (χ4v) is 3.11. The standard InChI is InChI=1S/C24H24F5NO3/c1-5-6-9-18(23(31)32-4)17-10-7-8-14(2)20(17)13-33-30-15(3)19-11-16(24(27,28)29)12-21(25)22(19)26/h7-12H,5-6,13H2,1-4H3/b18-9-,30-15+. The van der Waals surface area contributed by atoms with Gasteiger partial charge in [0.05, 0.1) is 24.0 Å². The highest BCUT2D eigenvalue weighted by molar-refractivity contribution is 6.16. The molecule has 0 radical (unpaired) electrons. The van der Waals surface area contributed by atoms with E-state index in [-0.39, 0.29) is 18.4 Å². The molecule has 0 bridgehead atoms. The summed E-state index contributed by atoms with van der Waals surface area (Å²) in [5.74, 6) is -3.63. The molecule has 0 atom stereocenters. The van der Waals surface area contributed by atoms with Crippen LogP contribution in [0.15, 0.2) is 41.6 Å². The van der Waals surface area contributed by atoms with Crippen molar-refractivity contribution >= 4 is 17.3 Å². The number of carbonyl (C=O) groups excluding carboxylic acids is 1. The maximum atomic E-state index is 14.1. The Labute approximate surface area is 188 Å². The van der Waals surface area contributed by atoms with Gasteiger partial charge in [-0.2, -0.15) is 13.2 Å². The molecule has 2 aromatic rings. The van der Waals surface area contributed by atoms with Gasteiger partial charge in [-0.05, 0) is 43.5 Å². The number of carbonyl (C=O) groups is 1. The van der Waals surface area contributed by atoms with Crippen LogP contribution in [0.4, 0.5) is 22.0 Å². The minimum Gasteiger partial charge on any atom is -0.465 e. The molecule has 0 amide bonds.